The molecule has 2 aliphatic heterocycles. The highest BCUT2D eigenvalue weighted by Gasteiger charge is 2.41. The molecule has 1 aromatic rings. The van der Waals surface area contributed by atoms with Gasteiger partial charge in [0.05, 0.1) is 18.3 Å². The van der Waals surface area contributed by atoms with Gasteiger partial charge in [-0.2, -0.15) is 0 Å². The second-order valence-electron chi connectivity index (χ2n) is 7.44. The number of pyridine rings is 1. The second kappa shape index (κ2) is 5.67. The summed E-state index contributed by atoms with van der Waals surface area (Å²) < 4.78 is 5.51. The molecule has 1 amide bonds. The van der Waals surface area contributed by atoms with E-state index in [0.29, 0.717) is 18.8 Å². The van der Waals surface area contributed by atoms with Gasteiger partial charge in [-0.1, -0.05) is 6.07 Å². The van der Waals surface area contributed by atoms with Crippen LogP contribution in [0.5, 0.6) is 0 Å². The van der Waals surface area contributed by atoms with Crippen molar-refractivity contribution in [3.63, 3.8) is 0 Å². The number of piperazine rings is 1. The summed E-state index contributed by atoms with van der Waals surface area (Å²) in [6.07, 6.45) is 0.626. The summed E-state index contributed by atoms with van der Waals surface area (Å²) >= 11 is 0. The number of hydrogen-bond donors (Lipinski definition) is 1. The third-order valence-electron chi connectivity index (χ3n) is 4.31. The molecule has 126 valence electrons. The molecule has 6 nitrogen and oxygen atoms in total. The van der Waals surface area contributed by atoms with Gasteiger partial charge in [0.25, 0.3) is 0 Å². The van der Waals surface area contributed by atoms with Crippen LogP contribution in [0.2, 0.25) is 0 Å². The fourth-order valence-electron chi connectivity index (χ4n) is 3.45. The van der Waals surface area contributed by atoms with E-state index < -0.39 is 5.60 Å². The topological polar surface area (TPSA) is 65.9 Å². The van der Waals surface area contributed by atoms with Crippen molar-refractivity contribution in [2.24, 2.45) is 0 Å². The molecule has 0 aliphatic carbocycles. The molecule has 1 aromatic heterocycles. The molecule has 2 atom stereocenters. The van der Waals surface area contributed by atoms with Crippen molar-refractivity contribution in [3.05, 3.63) is 23.4 Å². The summed E-state index contributed by atoms with van der Waals surface area (Å²) in [7, 11) is 0. The molecule has 1 fully saturated rings. The van der Waals surface area contributed by atoms with E-state index in [1.807, 2.05) is 32.9 Å². The van der Waals surface area contributed by atoms with Crippen LogP contribution < -0.4 is 4.90 Å². The molecular formula is C17H25N3O3. The van der Waals surface area contributed by atoms with Crippen molar-refractivity contribution >= 4 is 11.9 Å². The monoisotopic (exact) mass is 319 g/mol. The fourth-order valence-corrected chi connectivity index (χ4v) is 3.45. The van der Waals surface area contributed by atoms with Crippen LogP contribution in [0.1, 0.15) is 39.0 Å². The minimum atomic E-state index is -0.478. The molecule has 23 heavy (non-hydrogen) atoms. The molecule has 3 rings (SSSR count). The van der Waals surface area contributed by atoms with Gasteiger partial charge in [0.2, 0.25) is 0 Å². The Bertz CT molecular complexity index is 612. The van der Waals surface area contributed by atoms with Crippen molar-refractivity contribution in [3.8, 4) is 0 Å². The van der Waals surface area contributed by atoms with Gasteiger partial charge in [-0.25, -0.2) is 9.78 Å². The van der Waals surface area contributed by atoms with E-state index >= 15 is 0 Å². The number of aliphatic hydroxyl groups excluding tert-OH is 1. The smallest absolute Gasteiger partial charge is 0.410 e. The number of carbonyl (C=O) groups excluding carboxylic acids is 1. The Morgan fingerprint density at radius 2 is 2.13 bits per heavy atom. The van der Waals surface area contributed by atoms with Crippen LogP contribution in [-0.2, 0) is 17.8 Å². The zero-order chi connectivity index (χ0) is 16.8. The molecule has 6 heteroatoms. The Morgan fingerprint density at radius 1 is 1.39 bits per heavy atom. The first-order valence-corrected chi connectivity index (χ1v) is 8.14. The third kappa shape index (κ3) is 3.13. The Labute approximate surface area is 137 Å². The zero-order valence-corrected chi connectivity index (χ0v) is 14.2. The van der Waals surface area contributed by atoms with E-state index in [0.717, 1.165) is 12.2 Å². The summed E-state index contributed by atoms with van der Waals surface area (Å²) in [5.41, 5.74) is 1.39. The van der Waals surface area contributed by atoms with Crippen LogP contribution >= 0.6 is 0 Å². The largest absolute Gasteiger partial charge is 0.444 e. The number of anilines is 1. The quantitative estimate of drug-likeness (QED) is 0.857. The molecular weight excluding hydrogens is 294 g/mol. The number of aromatic nitrogens is 1. The minimum absolute atomic E-state index is 0.0514. The van der Waals surface area contributed by atoms with Gasteiger partial charge in [-0.05, 0) is 45.7 Å². The Balaban J connectivity index is 1.78. The van der Waals surface area contributed by atoms with Crippen molar-refractivity contribution < 1.29 is 14.6 Å². The predicted molar refractivity (Wildman–Crippen MR) is 87.4 cm³/mol. The molecule has 2 unspecified atom stereocenters. The predicted octanol–water partition coefficient (Wildman–Crippen LogP) is 1.94. The van der Waals surface area contributed by atoms with Crippen LogP contribution in [-0.4, -0.2) is 51.9 Å². The third-order valence-corrected chi connectivity index (χ3v) is 4.31. The number of fused-ring (bicyclic) bond motifs is 3. The number of amides is 1. The maximum Gasteiger partial charge on any atom is 0.410 e. The molecule has 2 aliphatic rings. The van der Waals surface area contributed by atoms with E-state index in [-0.39, 0.29) is 24.8 Å². The minimum Gasteiger partial charge on any atom is -0.444 e. The number of ether oxygens (including phenoxy) is 1. The normalized spacial score (nSPS) is 23.5. The van der Waals surface area contributed by atoms with Gasteiger partial charge in [-0.3, -0.25) is 0 Å². The highest BCUT2D eigenvalue weighted by Crippen LogP contribution is 2.35. The average Bonchev–Trinajstić information content (AvgIpc) is 2.83. The number of carbonyl (C=O) groups is 1. The van der Waals surface area contributed by atoms with Crippen molar-refractivity contribution in [1.29, 1.82) is 0 Å². The van der Waals surface area contributed by atoms with Gasteiger partial charge in [0, 0.05) is 19.1 Å². The van der Waals surface area contributed by atoms with E-state index in [1.165, 1.54) is 5.56 Å². The summed E-state index contributed by atoms with van der Waals surface area (Å²) in [5, 5.41) is 9.30. The molecule has 1 saturated heterocycles. The Kier molecular flexibility index (Phi) is 3.96. The van der Waals surface area contributed by atoms with E-state index in [9.17, 15) is 9.90 Å². The lowest BCUT2D eigenvalue weighted by Gasteiger charge is -2.43. The maximum absolute atomic E-state index is 12.4. The van der Waals surface area contributed by atoms with Crippen molar-refractivity contribution in [2.45, 2.75) is 58.4 Å². The average molecular weight is 319 g/mol. The highest BCUT2D eigenvalue weighted by atomic mass is 16.6. The summed E-state index contributed by atoms with van der Waals surface area (Å²) in [4.78, 5) is 21.0. The van der Waals surface area contributed by atoms with Crippen molar-refractivity contribution in [2.75, 3.05) is 18.0 Å². The number of aliphatic hydroxyl groups is 1. The first-order valence-electron chi connectivity index (χ1n) is 8.14. The van der Waals surface area contributed by atoms with E-state index in [1.54, 1.807) is 4.90 Å². The lowest BCUT2D eigenvalue weighted by molar-refractivity contribution is 0.0191. The van der Waals surface area contributed by atoms with E-state index in [4.69, 9.17) is 4.74 Å². The molecule has 0 aromatic carbocycles. The first-order chi connectivity index (χ1) is 10.8. The first kappa shape index (κ1) is 16.1. The second-order valence-corrected chi connectivity index (χ2v) is 7.44. The summed E-state index contributed by atoms with van der Waals surface area (Å²) in [6.45, 7) is 8.97. The van der Waals surface area contributed by atoms with E-state index in [2.05, 4.69) is 16.8 Å². The Morgan fingerprint density at radius 3 is 2.78 bits per heavy atom. The maximum atomic E-state index is 12.4. The van der Waals surface area contributed by atoms with Gasteiger partial charge in [0.1, 0.15) is 11.4 Å². The molecule has 0 bridgehead atoms. The fraction of sp³-hybridized carbons (Fsp3) is 0.647. The molecule has 3 heterocycles. The Hall–Kier alpha value is -1.82. The number of nitrogens with zero attached hydrogens (tertiary/aromatic N) is 3. The van der Waals surface area contributed by atoms with Gasteiger partial charge >= 0.3 is 6.09 Å². The van der Waals surface area contributed by atoms with Gasteiger partial charge in [0.15, 0.2) is 0 Å². The SMILES string of the molecule is CC1CN(C(=O)OC(C)(C)C)CC2Cc3ccc(CO)nc3N12. The van der Waals surface area contributed by atoms with Crippen LogP contribution in [0.4, 0.5) is 10.6 Å². The van der Waals surface area contributed by atoms with Crippen LogP contribution in [0.15, 0.2) is 12.1 Å². The zero-order valence-electron chi connectivity index (χ0n) is 14.2. The van der Waals surface area contributed by atoms with Crippen molar-refractivity contribution in [1.82, 2.24) is 9.88 Å². The van der Waals surface area contributed by atoms with Crippen LogP contribution in [0.25, 0.3) is 0 Å². The number of hydrogen-bond acceptors (Lipinski definition) is 5. The van der Waals surface area contributed by atoms with Crippen LogP contribution in [0.3, 0.4) is 0 Å². The van der Waals surface area contributed by atoms with Gasteiger partial charge in [-0.15, -0.1) is 0 Å². The highest BCUT2D eigenvalue weighted by molar-refractivity contribution is 5.69. The summed E-state index contributed by atoms with van der Waals surface area (Å²) in [5.74, 6) is 0.956. The molecule has 0 saturated carbocycles. The lowest BCUT2D eigenvalue weighted by Crippen LogP contribution is -2.58. The van der Waals surface area contributed by atoms with Gasteiger partial charge < -0.3 is 19.6 Å². The van der Waals surface area contributed by atoms with Crippen LogP contribution in [0, 0.1) is 0 Å². The standard InChI is InChI=1S/C17H25N3O3/c1-11-8-19(16(22)23-17(2,3)4)9-14-7-12-5-6-13(10-21)18-15(12)20(11)14/h5-6,11,14,21H,7-10H2,1-4H3. The molecule has 0 spiro atoms. The summed E-state index contributed by atoms with van der Waals surface area (Å²) in [6, 6.07) is 4.30. The molecule has 0 radical (unpaired) electrons. The molecule has 1 N–H and O–H groups in total. The lowest BCUT2D eigenvalue weighted by atomic mass is 10.1. The number of rotatable bonds is 1.